The summed E-state index contributed by atoms with van der Waals surface area (Å²) in [5.41, 5.74) is 1.000. The van der Waals surface area contributed by atoms with Gasteiger partial charge in [0, 0.05) is 28.9 Å². The summed E-state index contributed by atoms with van der Waals surface area (Å²) in [5.74, 6) is -0.827. The van der Waals surface area contributed by atoms with Gasteiger partial charge in [-0.2, -0.15) is 5.10 Å². The smallest absolute Gasteiger partial charge is 0.462 e. The first kappa shape index (κ1) is 23.4. The molecule has 2 aliphatic heterocycles. The number of amides is 1. The maximum atomic E-state index is 13.7. The van der Waals surface area contributed by atoms with E-state index in [4.69, 9.17) is 20.8 Å². The zero-order chi connectivity index (χ0) is 25.7. The van der Waals surface area contributed by atoms with Gasteiger partial charge < -0.3 is 23.5 Å². The van der Waals surface area contributed by atoms with Gasteiger partial charge in [0.25, 0.3) is 5.56 Å². The number of benzene rings is 2. The van der Waals surface area contributed by atoms with Crippen LogP contribution in [-0.2, 0) is 16.1 Å². The van der Waals surface area contributed by atoms with Gasteiger partial charge in [0.05, 0.1) is 24.3 Å². The van der Waals surface area contributed by atoms with Gasteiger partial charge in [-0.3, -0.25) is 9.59 Å². The highest BCUT2D eigenvalue weighted by atomic mass is 35.5. The van der Waals surface area contributed by atoms with E-state index in [-0.39, 0.29) is 35.1 Å². The molecule has 4 heterocycles. The van der Waals surface area contributed by atoms with E-state index in [0.717, 1.165) is 4.68 Å². The Morgan fingerprint density at radius 2 is 2.00 bits per heavy atom. The van der Waals surface area contributed by atoms with Crippen molar-refractivity contribution in [2.24, 2.45) is 0 Å². The predicted molar refractivity (Wildman–Crippen MR) is 128 cm³/mol. The number of fused-ring (bicyclic) bond motifs is 2. The van der Waals surface area contributed by atoms with E-state index in [0.29, 0.717) is 35.0 Å². The monoisotopic (exact) mass is 529 g/mol. The summed E-state index contributed by atoms with van der Waals surface area (Å²) in [6.45, 7) is 0.247. The molecule has 0 radical (unpaired) electrons. The van der Waals surface area contributed by atoms with E-state index in [1.54, 1.807) is 24.3 Å². The third-order valence-corrected chi connectivity index (χ3v) is 6.39. The Labute approximate surface area is 212 Å². The lowest BCUT2D eigenvalue weighted by Gasteiger charge is -2.28. The fraction of sp³-hybridized carbons (Fsp3) is 0.240. The topological polar surface area (TPSA) is 96.0 Å². The molecule has 1 amide bonds. The van der Waals surface area contributed by atoms with E-state index in [9.17, 15) is 18.4 Å². The molecule has 37 heavy (non-hydrogen) atoms. The number of halogens is 3. The number of carbonyl (C=O) groups excluding carboxylic acids is 1. The maximum absolute atomic E-state index is 13.7. The van der Waals surface area contributed by atoms with Crippen LogP contribution in [0.3, 0.4) is 0 Å². The zero-order valence-corrected chi connectivity index (χ0v) is 19.8. The highest BCUT2D eigenvalue weighted by molar-refractivity contribution is 6.30. The third-order valence-electron chi connectivity index (χ3n) is 6.15. The number of aromatic nitrogens is 2. The summed E-state index contributed by atoms with van der Waals surface area (Å²) in [6.07, 6.45) is -1.90. The molecule has 190 valence electrons. The summed E-state index contributed by atoms with van der Waals surface area (Å²) >= 11 is 6.15. The largest absolute Gasteiger partial charge is 0.586 e. The number of hydrogen-bond acceptors (Lipinski definition) is 7. The van der Waals surface area contributed by atoms with Gasteiger partial charge in [-0.25, -0.2) is 4.68 Å². The van der Waals surface area contributed by atoms with Crippen molar-refractivity contribution in [2.45, 2.75) is 25.3 Å². The Balaban J connectivity index is 1.39. The predicted octanol–water partition coefficient (Wildman–Crippen LogP) is 4.45. The van der Waals surface area contributed by atoms with Crippen molar-refractivity contribution < 1.29 is 32.2 Å². The van der Waals surface area contributed by atoms with Crippen LogP contribution in [0.5, 0.6) is 11.5 Å². The minimum Gasteiger partial charge on any atom is -0.462 e. The van der Waals surface area contributed by atoms with Crippen molar-refractivity contribution in [2.75, 3.05) is 18.1 Å². The summed E-state index contributed by atoms with van der Waals surface area (Å²) < 4.78 is 48.2. The average molecular weight is 530 g/mol. The molecule has 2 aromatic heterocycles. The second-order valence-electron chi connectivity index (χ2n) is 8.56. The molecule has 1 unspecified atom stereocenters. The molecule has 1 saturated heterocycles. The first-order valence-corrected chi connectivity index (χ1v) is 11.7. The minimum absolute atomic E-state index is 0.140. The Morgan fingerprint density at radius 3 is 2.78 bits per heavy atom. The van der Waals surface area contributed by atoms with E-state index in [1.807, 2.05) is 0 Å². The highest BCUT2D eigenvalue weighted by Crippen LogP contribution is 2.43. The van der Waals surface area contributed by atoms with Gasteiger partial charge in [-0.05, 0) is 36.8 Å². The average Bonchev–Trinajstić information content (AvgIpc) is 3.60. The van der Waals surface area contributed by atoms with Crippen LogP contribution < -0.4 is 19.9 Å². The van der Waals surface area contributed by atoms with E-state index < -0.39 is 24.3 Å². The standard InChI is InChI=1S/C25H18ClF2N3O6/c26-15-3-1-2-14(10-15)22-23-18(7-9-35-23)24(33)30(29-22)12-21(32)31(17-6-8-34-13-17)16-4-5-19-20(11-16)37-25(27,28)36-19/h1-5,7,9-11,17H,6,8,12-13H2. The lowest BCUT2D eigenvalue weighted by molar-refractivity contribution is -0.286. The normalized spacial score (nSPS) is 17.9. The first-order chi connectivity index (χ1) is 17.8. The summed E-state index contributed by atoms with van der Waals surface area (Å²) in [4.78, 5) is 28.3. The van der Waals surface area contributed by atoms with E-state index >= 15 is 0 Å². The molecular formula is C25H18ClF2N3O6. The molecular weight excluding hydrogens is 512 g/mol. The Hall–Kier alpha value is -3.96. The van der Waals surface area contributed by atoms with Crippen molar-refractivity contribution in [3.8, 4) is 22.8 Å². The molecule has 0 saturated carbocycles. The number of nitrogens with zero attached hydrogens (tertiary/aromatic N) is 3. The number of carbonyl (C=O) groups is 1. The number of rotatable bonds is 5. The Morgan fingerprint density at radius 1 is 1.16 bits per heavy atom. The lowest BCUT2D eigenvalue weighted by Crippen LogP contribution is -2.44. The van der Waals surface area contributed by atoms with Crippen LogP contribution in [0.25, 0.3) is 22.2 Å². The van der Waals surface area contributed by atoms with Crippen LogP contribution in [0.4, 0.5) is 14.5 Å². The van der Waals surface area contributed by atoms with Crippen molar-refractivity contribution in [1.82, 2.24) is 9.78 Å². The molecule has 9 nitrogen and oxygen atoms in total. The second-order valence-corrected chi connectivity index (χ2v) is 9.00. The number of anilines is 1. The van der Waals surface area contributed by atoms with Crippen LogP contribution in [-0.4, -0.2) is 41.2 Å². The van der Waals surface area contributed by atoms with Crippen LogP contribution in [0.2, 0.25) is 5.02 Å². The van der Waals surface area contributed by atoms with Crippen molar-refractivity contribution >= 4 is 34.2 Å². The molecule has 2 aliphatic rings. The Bertz CT molecular complexity index is 1580. The molecule has 2 aromatic carbocycles. The first-order valence-electron chi connectivity index (χ1n) is 11.3. The zero-order valence-electron chi connectivity index (χ0n) is 19.0. The van der Waals surface area contributed by atoms with Gasteiger partial charge >= 0.3 is 6.29 Å². The fourth-order valence-corrected chi connectivity index (χ4v) is 4.71. The van der Waals surface area contributed by atoms with Crippen LogP contribution in [0, 0.1) is 0 Å². The summed E-state index contributed by atoms with van der Waals surface area (Å²) in [5, 5.41) is 5.15. The molecule has 0 N–H and O–H groups in total. The number of furan rings is 1. The molecule has 6 rings (SSSR count). The molecule has 0 aliphatic carbocycles. The highest BCUT2D eigenvalue weighted by Gasteiger charge is 2.44. The number of hydrogen-bond donors (Lipinski definition) is 0. The number of ether oxygens (including phenoxy) is 3. The third kappa shape index (κ3) is 4.30. The molecule has 12 heteroatoms. The lowest BCUT2D eigenvalue weighted by atomic mass is 10.1. The van der Waals surface area contributed by atoms with Gasteiger partial charge in [0.15, 0.2) is 17.1 Å². The van der Waals surface area contributed by atoms with Gasteiger partial charge in [-0.15, -0.1) is 8.78 Å². The summed E-state index contributed by atoms with van der Waals surface area (Å²) in [7, 11) is 0. The van der Waals surface area contributed by atoms with Crippen molar-refractivity contribution in [3.05, 3.63) is 70.2 Å². The molecule has 4 aromatic rings. The quantitative estimate of drug-likeness (QED) is 0.377. The van der Waals surface area contributed by atoms with Gasteiger partial charge in [-0.1, -0.05) is 23.7 Å². The maximum Gasteiger partial charge on any atom is 0.586 e. The van der Waals surface area contributed by atoms with Crippen LogP contribution >= 0.6 is 11.6 Å². The van der Waals surface area contributed by atoms with Gasteiger partial charge in [0.2, 0.25) is 5.91 Å². The fourth-order valence-electron chi connectivity index (χ4n) is 4.52. The van der Waals surface area contributed by atoms with Crippen LogP contribution in [0.1, 0.15) is 6.42 Å². The van der Waals surface area contributed by atoms with Crippen molar-refractivity contribution in [3.63, 3.8) is 0 Å². The summed E-state index contributed by atoms with van der Waals surface area (Å²) in [6, 6.07) is 12.1. The van der Waals surface area contributed by atoms with E-state index in [1.165, 1.54) is 35.4 Å². The molecule has 1 atom stereocenters. The van der Waals surface area contributed by atoms with E-state index in [2.05, 4.69) is 14.6 Å². The minimum atomic E-state index is -3.79. The molecule has 0 bridgehead atoms. The van der Waals surface area contributed by atoms with Gasteiger partial charge in [0.1, 0.15) is 12.2 Å². The Kier molecular flexibility index (Phi) is 5.61. The van der Waals surface area contributed by atoms with Crippen LogP contribution in [0.15, 0.2) is 64.0 Å². The molecule has 0 spiro atoms. The molecule has 1 fully saturated rings. The number of alkyl halides is 2. The van der Waals surface area contributed by atoms with Crippen molar-refractivity contribution in [1.29, 1.82) is 0 Å². The second kappa shape index (κ2) is 8.86. The SMILES string of the molecule is O=C(Cn1nc(-c2cccc(Cl)c2)c2occc2c1=O)N(c1ccc2c(c1)OC(F)(F)O2)C1CCOC1.